The molecule has 0 radical (unpaired) electrons. The molecule has 0 unspecified atom stereocenters. The highest BCUT2D eigenvalue weighted by molar-refractivity contribution is 5.54. The molecule has 0 saturated carbocycles. The maximum absolute atomic E-state index is 10.3. The molecule has 0 bridgehead atoms. The summed E-state index contributed by atoms with van der Waals surface area (Å²) < 4.78 is 17.1. The standard InChI is InChI=1S/C21H24O12/c22-6-15-17(28)18(29)19(30)21(33-15)32-14-5-9-10(24)3-8(23)4-13(9)31-20(14)7-1-11(25)16(27)12(26)2-7/h1-4,14-15,17-30H,5-6H2/t14-,15-,17-,18+,19-,20-,21-/m1/s1. The van der Waals surface area contributed by atoms with Crippen LogP contribution in [0.5, 0.6) is 34.5 Å². The van der Waals surface area contributed by atoms with Crippen molar-refractivity contribution in [2.24, 2.45) is 0 Å². The van der Waals surface area contributed by atoms with Gasteiger partial charge in [0.05, 0.1) is 6.61 Å². The van der Waals surface area contributed by atoms with Crippen molar-refractivity contribution in [1.29, 1.82) is 0 Å². The maximum Gasteiger partial charge on any atom is 0.200 e. The molecule has 12 nitrogen and oxygen atoms in total. The molecule has 2 aromatic carbocycles. The van der Waals surface area contributed by atoms with Crippen LogP contribution in [0.2, 0.25) is 0 Å². The molecule has 0 aliphatic carbocycles. The summed E-state index contributed by atoms with van der Waals surface area (Å²) in [6.45, 7) is -0.669. The van der Waals surface area contributed by atoms with Gasteiger partial charge in [0.2, 0.25) is 0 Å². The van der Waals surface area contributed by atoms with E-state index in [4.69, 9.17) is 14.2 Å². The van der Waals surface area contributed by atoms with Gasteiger partial charge in [-0.1, -0.05) is 0 Å². The number of phenolic OH excluding ortho intramolecular Hbond substituents is 5. The lowest BCUT2D eigenvalue weighted by Crippen LogP contribution is -2.60. The Balaban J connectivity index is 1.71. The monoisotopic (exact) mass is 468 g/mol. The van der Waals surface area contributed by atoms with Gasteiger partial charge in [-0.2, -0.15) is 0 Å². The van der Waals surface area contributed by atoms with Gasteiger partial charge in [0.25, 0.3) is 0 Å². The second-order valence-corrected chi connectivity index (χ2v) is 7.96. The number of hydrogen-bond acceptors (Lipinski definition) is 12. The zero-order valence-electron chi connectivity index (χ0n) is 17.0. The maximum atomic E-state index is 10.3. The fourth-order valence-corrected chi connectivity index (χ4v) is 3.99. The van der Waals surface area contributed by atoms with Crippen molar-refractivity contribution in [3.05, 3.63) is 35.4 Å². The predicted molar refractivity (Wildman–Crippen MR) is 107 cm³/mol. The Kier molecular flexibility index (Phi) is 6.14. The van der Waals surface area contributed by atoms with E-state index in [0.29, 0.717) is 0 Å². The van der Waals surface area contributed by atoms with E-state index in [9.17, 15) is 46.0 Å². The molecule has 0 aromatic heterocycles. The molecule has 0 amide bonds. The number of rotatable bonds is 4. The minimum atomic E-state index is -1.71. The predicted octanol–water partition coefficient (Wildman–Crippen LogP) is -0.924. The van der Waals surface area contributed by atoms with Gasteiger partial charge in [0.1, 0.15) is 47.8 Å². The summed E-state index contributed by atoms with van der Waals surface area (Å²) in [6.07, 6.45) is -10.0. The van der Waals surface area contributed by atoms with Gasteiger partial charge in [-0.25, -0.2) is 0 Å². The fraction of sp³-hybridized carbons (Fsp3) is 0.429. The van der Waals surface area contributed by atoms with Gasteiger partial charge in [0, 0.05) is 29.7 Å². The Labute approximate surface area is 186 Å². The van der Waals surface area contributed by atoms with Gasteiger partial charge < -0.3 is 60.2 Å². The Morgan fingerprint density at radius 1 is 0.848 bits per heavy atom. The topological polar surface area (TPSA) is 210 Å². The molecule has 12 heteroatoms. The van der Waals surface area contributed by atoms with Crippen LogP contribution in [0.1, 0.15) is 17.2 Å². The largest absolute Gasteiger partial charge is 0.508 e. The van der Waals surface area contributed by atoms with Crippen LogP contribution in [0.3, 0.4) is 0 Å². The van der Waals surface area contributed by atoms with E-state index in [2.05, 4.69) is 0 Å². The first-order valence-electron chi connectivity index (χ1n) is 10.0. The van der Waals surface area contributed by atoms with Crippen LogP contribution < -0.4 is 4.74 Å². The van der Waals surface area contributed by atoms with E-state index in [1.807, 2.05) is 0 Å². The van der Waals surface area contributed by atoms with Crippen LogP contribution in [0.4, 0.5) is 0 Å². The molecule has 2 aliphatic rings. The number of ether oxygens (including phenoxy) is 3. The summed E-state index contributed by atoms with van der Waals surface area (Å²) in [6, 6.07) is 4.55. The summed E-state index contributed by atoms with van der Waals surface area (Å²) >= 11 is 0. The van der Waals surface area contributed by atoms with E-state index in [0.717, 1.165) is 18.2 Å². The van der Waals surface area contributed by atoms with E-state index >= 15 is 0 Å². The average Bonchev–Trinajstić information content (AvgIpc) is 2.77. The molecule has 2 aliphatic heterocycles. The lowest BCUT2D eigenvalue weighted by Gasteiger charge is -2.43. The highest BCUT2D eigenvalue weighted by Crippen LogP contribution is 2.46. The third-order valence-corrected chi connectivity index (χ3v) is 5.75. The van der Waals surface area contributed by atoms with E-state index in [1.54, 1.807) is 0 Å². The lowest BCUT2D eigenvalue weighted by molar-refractivity contribution is -0.317. The molecular weight excluding hydrogens is 444 g/mol. The molecular formula is C21H24O12. The second kappa shape index (κ2) is 8.74. The number of hydrogen-bond donors (Lipinski definition) is 9. The molecule has 1 saturated heterocycles. The van der Waals surface area contributed by atoms with Gasteiger partial charge in [-0.3, -0.25) is 0 Å². The highest BCUT2D eigenvalue weighted by Gasteiger charge is 2.46. The Morgan fingerprint density at radius 2 is 1.52 bits per heavy atom. The van der Waals surface area contributed by atoms with Crippen molar-refractivity contribution < 1.29 is 60.2 Å². The van der Waals surface area contributed by atoms with Crippen LogP contribution in [-0.4, -0.2) is 89.4 Å². The van der Waals surface area contributed by atoms with Crippen LogP contribution in [0.25, 0.3) is 0 Å². The zero-order chi connectivity index (χ0) is 24.0. The molecule has 33 heavy (non-hydrogen) atoms. The minimum absolute atomic E-state index is 0.0659. The van der Waals surface area contributed by atoms with Crippen LogP contribution in [0.15, 0.2) is 24.3 Å². The van der Waals surface area contributed by atoms with E-state index in [1.165, 1.54) is 6.07 Å². The van der Waals surface area contributed by atoms with Crippen molar-refractivity contribution in [3.8, 4) is 34.5 Å². The SMILES string of the molecule is OC[C@H]1O[C@@H](O[C@@H]2Cc3c(O)cc(O)cc3O[C@@H]2c2cc(O)c(O)c(O)c2)[C@H](O)[C@@H](O)[C@@H]1O. The molecule has 7 atom stereocenters. The quantitative estimate of drug-likeness (QED) is 0.249. The number of fused-ring (bicyclic) bond motifs is 1. The first kappa shape index (κ1) is 23.2. The summed E-state index contributed by atoms with van der Waals surface area (Å²) in [5.74, 6) is -2.55. The first-order chi connectivity index (χ1) is 15.6. The second-order valence-electron chi connectivity index (χ2n) is 7.96. The summed E-state index contributed by atoms with van der Waals surface area (Å²) in [5, 5.41) is 89.4. The first-order valence-corrected chi connectivity index (χ1v) is 10.0. The van der Waals surface area contributed by atoms with Gasteiger partial charge in [-0.05, 0) is 12.1 Å². The Morgan fingerprint density at radius 3 is 2.15 bits per heavy atom. The van der Waals surface area contributed by atoms with Crippen molar-refractivity contribution in [3.63, 3.8) is 0 Å². The third kappa shape index (κ3) is 4.19. The fourth-order valence-electron chi connectivity index (χ4n) is 3.99. The van der Waals surface area contributed by atoms with Crippen molar-refractivity contribution in [2.75, 3.05) is 6.61 Å². The van der Waals surface area contributed by atoms with Crippen molar-refractivity contribution in [1.82, 2.24) is 0 Å². The number of phenols is 5. The number of benzene rings is 2. The van der Waals surface area contributed by atoms with Gasteiger partial charge in [0.15, 0.2) is 29.6 Å². The lowest BCUT2D eigenvalue weighted by atomic mass is 9.93. The van der Waals surface area contributed by atoms with E-state index < -0.39 is 66.8 Å². The summed E-state index contributed by atoms with van der Waals surface area (Å²) in [5.41, 5.74) is 0.372. The molecule has 2 aromatic rings. The van der Waals surface area contributed by atoms with Crippen LogP contribution >= 0.6 is 0 Å². The minimum Gasteiger partial charge on any atom is -0.508 e. The zero-order valence-corrected chi connectivity index (χ0v) is 17.0. The molecule has 180 valence electrons. The average molecular weight is 468 g/mol. The molecule has 2 heterocycles. The highest BCUT2D eigenvalue weighted by atomic mass is 16.7. The molecule has 1 fully saturated rings. The number of aliphatic hydroxyl groups excluding tert-OH is 4. The Bertz CT molecular complexity index is 1000. The number of aliphatic hydroxyl groups is 4. The Hall–Kier alpha value is -3.00. The molecule has 4 rings (SSSR count). The normalized spacial score (nSPS) is 31.6. The van der Waals surface area contributed by atoms with Crippen molar-refractivity contribution >= 4 is 0 Å². The third-order valence-electron chi connectivity index (χ3n) is 5.75. The van der Waals surface area contributed by atoms with Gasteiger partial charge in [-0.15, -0.1) is 0 Å². The number of aromatic hydroxyl groups is 5. The van der Waals surface area contributed by atoms with E-state index in [-0.39, 0.29) is 34.8 Å². The van der Waals surface area contributed by atoms with Crippen LogP contribution in [-0.2, 0) is 15.9 Å². The summed E-state index contributed by atoms with van der Waals surface area (Å²) in [7, 11) is 0. The summed E-state index contributed by atoms with van der Waals surface area (Å²) in [4.78, 5) is 0. The molecule has 0 spiro atoms. The smallest absolute Gasteiger partial charge is 0.200 e. The van der Waals surface area contributed by atoms with Crippen molar-refractivity contribution in [2.45, 2.75) is 49.3 Å². The van der Waals surface area contributed by atoms with Crippen LogP contribution in [0, 0.1) is 0 Å². The molecule has 9 N–H and O–H groups in total. The van der Waals surface area contributed by atoms with Gasteiger partial charge >= 0.3 is 0 Å².